The molecule has 0 heterocycles. The van der Waals surface area contributed by atoms with Crippen molar-refractivity contribution in [2.75, 3.05) is 13.1 Å². The van der Waals surface area contributed by atoms with Crippen molar-refractivity contribution in [3.8, 4) is 0 Å². The molecule has 2 unspecified atom stereocenters. The number of rotatable bonds is 5. The molecule has 21 heavy (non-hydrogen) atoms. The van der Waals surface area contributed by atoms with Crippen LogP contribution in [0.4, 0.5) is 4.39 Å². The number of hydrogen-bond donors (Lipinski definition) is 1. The molecule has 0 bridgehead atoms. The standard InChI is InChI=1S/C18H27BrFN/c1-13(2)11-21-12-14-7-4-3-5-8-15(14)16-9-6-10-17(19)18(16)20/h6,9-10,13-15,21H,3-5,7-8,11-12H2,1-2H3. The van der Waals surface area contributed by atoms with Crippen LogP contribution in [-0.4, -0.2) is 13.1 Å². The molecule has 0 saturated heterocycles. The fourth-order valence-electron chi connectivity index (χ4n) is 3.40. The first-order valence-corrected chi connectivity index (χ1v) is 9.03. The topological polar surface area (TPSA) is 12.0 Å². The Hall–Kier alpha value is -0.410. The third-order valence-corrected chi connectivity index (χ3v) is 5.11. The molecule has 0 aliphatic heterocycles. The van der Waals surface area contributed by atoms with Crippen molar-refractivity contribution in [2.45, 2.75) is 51.9 Å². The Balaban J connectivity index is 2.13. The van der Waals surface area contributed by atoms with Crippen molar-refractivity contribution in [3.63, 3.8) is 0 Å². The normalized spacial score (nSPS) is 23.3. The van der Waals surface area contributed by atoms with Crippen molar-refractivity contribution >= 4 is 15.9 Å². The smallest absolute Gasteiger partial charge is 0.140 e. The van der Waals surface area contributed by atoms with Crippen molar-refractivity contribution in [1.82, 2.24) is 5.32 Å². The Morgan fingerprint density at radius 1 is 1.24 bits per heavy atom. The largest absolute Gasteiger partial charge is 0.316 e. The van der Waals surface area contributed by atoms with E-state index in [0.29, 0.717) is 22.2 Å². The molecule has 0 radical (unpaired) electrons. The zero-order chi connectivity index (χ0) is 15.2. The summed E-state index contributed by atoms with van der Waals surface area (Å²) in [5.41, 5.74) is 0.905. The summed E-state index contributed by atoms with van der Waals surface area (Å²) < 4.78 is 15.1. The van der Waals surface area contributed by atoms with E-state index in [1.807, 2.05) is 12.1 Å². The lowest BCUT2D eigenvalue weighted by Gasteiger charge is -2.27. The van der Waals surface area contributed by atoms with Gasteiger partial charge in [-0.3, -0.25) is 0 Å². The van der Waals surface area contributed by atoms with Crippen LogP contribution >= 0.6 is 15.9 Å². The molecule has 2 atom stereocenters. The van der Waals surface area contributed by atoms with Gasteiger partial charge in [0, 0.05) is 0 Å². The van der Waals surface area contributed by atoms with Gasteiger partial charge in [0.1, 0.15) is 5.82 Å². The minimum Gasteiger partial charge on any atom is -0.316 e. The highest BCUT2D eigenvalue weighted by molar-refractivity contribution is 9.10. The van der Waals surface area contributed by atoms with E-state index < -0.39 is 0 Å². The Bertz CT molecular complexity index is 447. The van der Waals surface area contributed by atoms with Gasteiger partial charge in [-0.15, -0.1) is 0 Å². The van der Waals surface area contributed by atoms with Gasteiger partial charge < -0.3 is 5.32 Å². The molecule has 1 aromatic carbocycles. The van der Waals surface area contributed by atoms with Crippen molar-refractivity contribution in [3.05, 3.63) is 34.1 Å². The molecule has 1 saturated carbocycles. The molecule has 1 fully saturated rings. The Morgan fingerprint density at radius 3 is 2.76 bits per heavy atom. The fourth-order valence-corrected chi connectivity index (χ4v) is 3.78. The SMILES string of the molecule is CC(C)CNCC1CCCCCC1c1cccc(Br)c1F. The minimum atomic E-state index is -0.0572. The van der Waals surface area contributed by atoms with Crippen LogP contribution < -0.4 is 5.32 Å². The second kappa shape index (κ2) is 8.28. The van der Waals surface area contributed by atoms with Gasteiger partial charge in [-0.1, -0.05) is 45.2 Å². The van der Waals surface area contributed by atoms with E-state index in [2.05, 4.69) is 35.1 Å². The van der Waals surface area contributed by atoms with Crippen molar-refractivity contribution in [1.29, 1.82) is 0 Å². The molecule has 1 N–H and O–H groups in total. The first-order valence-electron chi connectivity index (χ1n) is 8.24. The quantitative estimate of drug-likeness (QED) is 0.687. The maximum atomic E-state index is 14.5. The third-order valence-electron chi connectivity index (χ3n) is 4.50. The van der Waals surface area contributed by atoms with Gasteiger partial charge in [0.25, 0.3) is 0 Å². The highest BCUT2D eigenvalue weighted by Gasteiger charge is 2.27. The first kappa shape index (κ1) is 17.0. The second-order valence-electron chi connectivity index (χ2n) is 6.70. The predicted molar refractivity (Wildman–Crippen MR) is 91.1 cm³/mol. The second-order valence-corrected chi connectivity index (χ2v) is 7.55. The first-order chi connectivity index (χ1) is 10.1. The van der Waals surface area contributed by atoms with Crippen LogP contribution in [0.5, 0.6) is 0 Å². The molecule has 1 aliphatic carbocycles. The molecule has 118 valence electrons. The van der Waals surface area contributed by atoms with E-state index in [9.17, 15) is 4.39 Å². The van der Waals surface area contributed by atoms with Crippen LogP contribution in [-0.2, 0) is 0 Å². The van der Waals surface area contributed by atoms with E-state index in [-0.39, 0.29) is 5.82 Å². The average molecular weight is 356 g/mol. The van der Waals surface area contributed by atoms with Gasteiger partial charge in [-0.05, 0) is 71.2 Å². The van der Waals surface area contributed by atoms with E-state index in [1.165, 1.54) is 25.7 Å². The van der Waals surface area contributed by atoms with Gasteiger partial charge in [0.2, 0.25) is 0 Å². The van der Waals surface area contributed by atoms with Gasteiger partial charge in [0.15, 0.2) is 0 Å². The summed E-state index contributed by atoms with van der Waals surface area (Å²) in [6.07, 6.45) is 6.10. The highest BCUT2D eigenvalue weighted by Crippen LogP contribution is 2.38. The van der Waals surface area contributed by atoms with Gasteiger partial charge in [-0.2, -0.15) is 0 Å². The van der Waals surface area contributed by atoms with E-state index in [4.69, 9.17) is 0 Å². The molecular formula is C18H27BrFN. The maximum Gasteiger partial charge on any atom is 0.140 e. The molecule has 1 nitrogen and oxygen atoms in total. The zero-order valence-corrected chi connectivity index (χ0v) is 14.8. The van der Waals surface area contributed by atoms with Gasteiger partial charge in [-0.25, -0.2) is 4.39 Å². The fraction of sp³-hybridized carbons (Fsp3) is 0.667. The van der Waals surface area contributed by atoms with E-state index >= 15 is 0 Å². The van der Waals surface area contributed by atoms with E-state index in [1.54, 1.807) is 6.07 Å². The van der Waals surface area contributed by atoms with Crippen molar-refractivity contribution < 1.29 is 4.39 Å². The molecule has 3 heteroatoms. The summed E-state index contributed by atoms with van der Waals surface area (Å²) in [7, 11) is 0. The molecule has 0 spiro atoms. The summed E-state index contributed by atoms with van der Waals surface area (Å²) in [5, 5.41) is 3.58. The lowest BCUT2D eigenvalue weighted by molar-refractivity contribution is 0.358. The number of halogens is 2. The van der Waals surface area contributed by atoms with Crippen LogP contribution in [0.3, 0.4) is 0 Å². The van der Waals surface area contributed by atoms with Crippen LogP contribution in [0.25, 0.3) is 0 Å². The monoisotopic (exact) mass is 355 g/mol. The maximum absolute atomic E-state index is 14.5. The molecule has 2 rings (SSSR count). The summed E-state index contributed by atoms with van der Waals surface area (Å²) in [5.74, 6) is 1.51. The van der Waals surface area contributed by atoms with Crippen LogP contribution in [0, 0.1) is 17.7 Å². The van der Waals surface area contributed by atoms with Crippen LogP contribution in [0.15, 0.2) is 22.7 Å². The molecular weight excluding hydrogens is 329 g/mol. The predicted octanol–water partition coefficient (Wildman–Crippen LogP) is 5.50. The van der Waals surface area contributed by atoms with Gasteiger partial charge in [0.05, 0.1) is 4.47 Å². The van der Waals surface area contributed by atoms with Gasteiger partial charge >= 0.3 is 0 Å². The summed E-state index contributed by atoms with van der Waals surface area (Å²) in [6, 6.07) is 5.74. The highest BCUT2D eigenvalue weighted by atomic mass is 79.9. The summed E-state index contributed by atoms with van der Waals surface area (Å²) in [6.45, 7) is 6.51. The molecule has 1 aromatic rings. The lowest BCUT2D eigenvalue weighted by Crippen LogP contribution is -2.29. The Morgan fingerprint density at radius 2 is 2.00 bits per heavy atom. The van der Waals surface area contributed by atoms with Crippen LogP contribution in [0.1, 0.15) is 57.4 Å². The number of benzene rings is 1. The average Bonchev–Trinajstić information content (AvgIpc) is 2.67. The third kappa shape index (κ3) is 4.79. The molecule has 1 aliphatic rings. The summed E-state index contributed by atoms with van der Waals surface area (Å²) >= 11 is 3.33. The minimum absolute atomic E-state index is 0.0572. The van der Waals surface area contributed by atoms with E-state index in [0.717, 1.165) is 25.1 Å². The Labute approximate surface area is 136 Å². The lowest BCUT2D eigenvalue weighted by atomic mass is 9.82. The zero-order valence-electron chi connectivity index (χ0n) is 13.2. The molecule has 0 aromatic heterocycles. The van der Waals surface area contributed by atoms with Crippen molar-refractivity contribution in [2.24, 2.45) is 11.8 Å². The summed E-state index contributed by atoms with van der Waals surface area (Å²) in [4.78, 5) is 0. The number of nitrogens with one attached hydrogen (secondary N) is 1. The molecule has 0 amide bonds. The Kier molecular flexibility index (Phi) is 6.69. The number of hydrogen-bond acceptors (Lipinski definition) is 1. The van der Waals surface area contributed by atoms with Crippen LogP contribution in [0.2, 0.25) is 0 Å².